The summed E-state index contributed by atoms with van der Waals surface area (Å²) in [7, 11) is 1.81. The summed E-state index contributed by atoms with van der Waals surface area (Å²) >= 11 is 3.81. The first kappa shape index (κ1) is 17.5. The smallest absolute Gasteiger partial charge is 0.0589 e. The maximum atomic E-state index is 5.29. The second-order valence-electron chi connectivity index (χ2n) is 6.27. The van der Waals surface area contributed by atoms with Crippen molar-refractivity contribution in [3.63, 3.8) is 0 Å². The zero-order valence-electron chi connectivity index (χ0n) is 13.1. The predicted molar refractivity (Wildman–Crippen MR) is 87.1 cm³/mol. The number of nitrogens with zero attached hydrogens (tertiary/aromatic N) is 1. The molecule has 0 aromatic heterocycles. The molecular formula is C16H32BrNO. The Morgan fingerprint density at radius 1 is 1.21 bits per heavy atom. The second kappa shape index (κ2) is 9.36. The molecule has 1 rings (SSSR count). The molecule has 0 bridgehead atoms. The molecule has 0 amide bonds. The maximum absolute atomic E-state index is 5.29. The van der Waals surface area contributed by atoms with E-state index in [1.807, 2.05) is 0 Å². The van der Waals surface area contributed by atoms with Gasteiger partial charge < -0.3 is 4.74 Å². The standard InChI is InChI=1S/C16H32BrNO/c1-4-15(2)18(11-12-19-3)14-16(13-17)9-7-5-6-8-10-16/h15H,4-14H2,1-3H3. The summed E-state index contributed by atoms with van der Waals surface area (Å²) in [4.78, 5) is 2.65. The zero-order valence-corrected chi connectivity index (χ0v) is 14.7. The topological polar surface area (TPSA) is 12.5 Å². The summed E-state index contributed by atoms with van der Waals surface area (Å²) in [6, 6.07) is 0.661. The average molecular weight is 334 g/mol. The molecule has 0 N–H and O–H groups in total. The molecule has 0 saturated heterocycles. The third-order valence-corrected chi connectivity index (χ3v) is 5.97. The highest BCUT2D eigenvalue weighted by Crippen LogP contribution is 2.38. The van der Waals surface area contributed by atoms with Gasteiger partial charge in [0, 0.05) is 31.6 Å². The highest BCUT2D eigenvalue weighted by Gasteiger charge is 2.32. The van der Waals surface area contributed by atoms with E-state index >= 15 is 0 Å². The molecule has 0 heterocycles. The van der Waals surface area contributed by atoms with Crippen LogP contribution in [0.4, 0.5) is 0 Å². The first-order valence-corrected chi connectivity index (χ1v) is 9.08. The van der Waals surface area contributed by atoms with Gasteiger partial charge in [0.25, 0.3) is 0 Å². The van der Waals surface area contributed by atoms with Crippen LogP contribution < -0.4 is 0 Å². The zero-order chi connectivity index (χ0) is 14.1. The molecule has 1 aliphatic rings. The van der Waals surface area contributed by atoms with Crippen LogP contribution >= 0.6 is 15.9 Å². The van der Waals surface area contributed by atoms with E-state index in [1.165, 1.54) is 51.5 Å². The van der Waals surface area contributed by atoms with Crippen molar-refractivity contribution in [2.75, 3.05) is 32.1 Å². The summed E-state index contributed by atoms with van der Waals surface area (Å²) in [6.07, 6.45) is 9.67. The lowest BCUT2D eigenvalue weighted by Gasteiger charge is -2.39. The summed E-state index contributed by atoms with van der Waals surface area (Å²) in [6.45, 7) is 7.80. The molecule has 114 valence electrons. The van der Waals surface area contributed by atoms with Crippen LogP contribution in [0.25, 0.3) is 0 Å². The van der Waals surface area contributed by atoms with E-state index in [9.17, 15) is 0 Å². The number of hydrogen-bond donors (Lipinski definition) is 0. The SMILES string of the molecule is CCC(C)N(CCOC)CC1(CBr)CCCCCC1. The van der Waals surface area contributed by atoms with Gasteiger partial charge in [0.2, 0.25) is 0 Å². The van der Waals surface area contributed by atoms with Crippen LogP contribution in [-0.2, 0) is 4.74 Å². The van der Waals surface area contributed by atoms with Crippen molar-refractivity contribution in [2.45, 2.75) is 64.8 Å². The van der Waals surface area contributed by atoms with E-state index in [-0.39, 0.29) is 0 Å². The quantitative estimate of drug-likeness (QED) is 0.480. The van der Waals surface area contributed by atoms with Gasteiger partial charge in [-0.2, -0.15) is 0 Å². The van der Waals surface area contributed by atoms with Crippen molar-refractivity contribution in [3.8, 4) is 0 Å². The van der Waals surface area contributed by atoms with Crippen LogP contribution in [0, 0.1) is 5.41 Å². The number of methoxy groups -OCH3 is 1. The lowest BCUT2D eigenvalue weighted by Crippen LogP contribution is -2.44. The number of halogens is 1. The van der Waals surface area contributed by atoms with Gasteiger partial charge in [0.05, 0.1) is 6.61 Å². The van der Waals surface area contributed by atoms with Crippen LogP contribution in [0.5, 0.6) is 0 Å². The maximum Gasteiger partial charge on any atom is 0.0589 e. The Labute approximate surface area is 128 Å². The third kappa shape index (κ3) is 5.73. The molecule has 0 aromatic rings. The Morgan fingerprint density at radius 3 is 2.32 bits per heavy atom. The van der Waals surface area contributed by atoms with E-state index in [1.54, 1.807) is 7.11 Å². The van der Waals surface area contributed by atoms with Crippen molar-refractivity contribution >= 4 is 15.9 Å². The van der Waals surface area contributed by atoms with Crippen LogP contribution in [-0.4, -0.2) is 43.1 Å². The largest absolute Gasteiger partial charge is 0.383 e. The van der Waals surface area contributed by atoms with Crippen LogP contribution in [0.15, 0.2) is 0 Å². The highest BCUT2D eigenvalue weighted by atomic mass is 79.9. The van der Waals surface area contributed by atoms with Gasteiger partial charge in [-0.25, -0.2) is 0 Å². The number of hydrogen-bond acceptors (Lipinski definition) is 2. The first-order valence-electron chi connectivity index (χ1n) is 7.96. The lowest BCUT2D eigenvalue weighted by molar-refractivity contribution is 0.0792. The normalized spacial score (nSPS) is 21.3. The molecule has 1 aliphatic carbocycles. The molecule has 1 unspecified atom stereocenters. The minimum Gasteiger partial charge on any atom is -0.383 e. The third-order valence-electron chi connectivity index (χ3n) is 4.78. The predicted octanol–water partition coefficient (Wildman–Crippen LogP) is 4.47. The molecule has 2 nitrogen and oxygen atoms in total. The molecule has 0 radical (unpaired) electrons. The van der Waals surface area contributed by atoms with Gasteiger partial charge in [-0.15, -0.1) is 0 Å². The van der Waals surface area contributed by atoms with Gasteiger partial charge in [0.1, 0.15) is 0 Å². The van der Waals surface area contributed by atoms with Crippen molar-refractivity contribution in [1.29, 1.82) is 0 Å². The van der Waals surface area contributed by atoms with E-state index in [0.717, 1.165) is 18.5 Å². The monoisotopic (exact) mass is 333 g/mol. The Morgan fingerprint density at radius 2 is 1.84 bits per heavy atom. The summed E-state index contributed by atoms with van der Waals surface area (Å²) in [5.74, 6) is 0. The van der Waals surface area contributed by atoms with Crippen LogP contribution in [0.3, 0.4) is 0 Å². The molecule has 0 aliphatic heterocycles. The minimum atomic E-state index is 0.494. The van der Waals surface area contributed by atoms with E-state index in [0.29, 0.717) is 11.5 Å². The molecule has 1 fully saturated rings. The Bertz CT molecular complexity index is 227. The van der Waals surface area contributed by atoms with Crippen molar-refractivity contribution in [2.24, 2.45) is 5.41 Å². The average Bonchev–Trinajstić information content (AvgIpc) is 2.68. The molecule has 1 saturated carbocycles. The fraction of sp³-hybridized carbons (Fsp3) is 1.00. The minimum absolute atomic E-state index is 0.494. The molecule has 0 spiro atoms. The Kier molecular flexibility index (Phi) is 8.59. The first-order chi connectivity index (χ1) is 9.17. The van der Waals surface area contributed by atoms with E-state index in [2.05, 4.69) is 34.7 Å². The van der Waals surface area contributed by atoms with Gasteiger partial charge in [-0.1, -0.05) is 48.5 Å². The van der Waals surface area contributed by atoms with E-state index < -0.39 is 0 Å². The molecule has 3 heteroatoms. The summed E-state index contributed by atoms with van der Waals surface area (Å²) < 4.78 is 5.29. The molecule has 0 aromatic carbocycles. The van der Waals surface area contributed by atoms with Gasteiger partial charge in [-0.3, -0.25) is 4.90 Å². The molecule has 1 atom stereocenters. The van der Waals surface area contributed by atoms with Crippen molar-refractivity contribution in [1.82, 2.24) is 4.90 Å². The van der Waals surface area contributed by atoms with Gasteiger partial charge >= 0.3 is 0 Å². The van der Waals surface area contributed by atoms with Crippen LogP contribution in [0.2, 0.25) is 0 Å². The Hall–Kier alpha value is 0.400. The summed E-state index contributed by atoms with van der Waals surface area (Å²) in [5.41, 5.74) is 0.494. The number of rotatable bonds is 8. The van der Waals surface area contributed by atoms with Crippen LogP contribution in [0.1, 0.15) is 58.8 Å². The molecular weight excluding hydrogens is 302 g/mol. The number of alkyl halides is 1. The van der Waals surface area contributed by atoms with Gasteiger partial charge in [0.15, 0.2) is 0 Å². The Balaban J connectivity index is 2.66. The van der Waals surface area contributed by atoms with Crippen molar-refractivity contribution < 1.29 is 4.74 Å². The lowest BCUT2D eigenvalue weighted by atomic mass is 9.81. The fourth-order valence-electron chi connectivity index (χ4n) is 3.17. The second-order valence-corrected chi connectivity index (χ2v) is 6.83. The van der Waals surface area contributed by atoms with E-state index in [4.69, 9.17) is 4.74 Å². The molecule has 19 heavy (non-hydrogen) atoms. The summed E-state index contributed by atoms with van der Waals surface area (Å²) in [5, 5.41) is 1.15. The fourth-order valence-corrected chi connectivity index (χ4v) is 3.90. The highest BCUT2D eigenvalue weighted by molar-refractivity contribution is 9.09. The van der Waals surface area contributed by atoms with Crippen molar-refractivity contribution in [3.05, 3.63) is 0 Å². The number of ether oxygens (including phenoxy) is 1. The van der Waals surface area contributed by atoms with Gasteiger partial charge in [-0.05, 0) is 31.6 Å².